The average molecular weight is 272 g/mol. The normalized spacial score (nSPS) is 24.6. The van der Waals surface area contributed by atoms with E-state index >= 15 is 0 Å². The van der Waals surface area contributed by atoms with Crippen molar-refractivity contribution in [1.82, 2.24) is 4.90 Å². The van der Waals surface area contributed by atoms with Gasteiger partial charge in [-0.1, -0.05) is 18.2 Å². The van der Waals surface area contributed by atoms with Crippen molar-refractivity contribution >= 4 is 11.7 Å². The highest BCUT2D eigenvalue weighted by Crippen LogP contribution is 2.38. The van der Waals surface area contributed by atoms with Crippen molar-refractivity contribution in [1.29, 1.82) is 0 Å². The van der Waals surface area contributed by atoms with E-state index in [1.165, 1.54) is 5.57 Å². The first-order valence-corrected chi connectivity index (χ1v) is 7.07. The number of benzene rings is 1. The van der Waals surface area contributed by atoms with Gasteiger partial charge in [0.2, 0.25) is 0 Å². The van der Waals surface area contributed by atoms with Crippen molar-refractivity contribution in [3.8, 4) is 5.75 Å². The first kappa shape index (κ1) is 13.0. The van der Waals surface area contributed by atoms with Crippen LogP contribution < -0.4 is 10.1 Å². The zero-order valence-corrected chi connectivity index (χ0v) is 11.8. The summed E-state index contributed by atoms with van der Waals surface area (Å²) < 4.78 is 5.17. The summed E-state index contributed by atoms with van der Waals surface area (Å²) in [7, 11) is 1.62. The molecule has 4 nitrogen and oxygen atoms in total. The molecule has 2 saturated heterocycles. The van der Waals surface area contributed by atoms with Crippen LogP contribution in [0.25, 0.3) is 0 Å². The Hall–Kier alpha value is -1.97. The Labute approximate surface area is 119 Å². The molecule has 106 valence electrons. The van der Waals surface area contributed by atoms with E-state index in [-0.39, 0.29) is 6.03 Å². The van der Waals surface area contributed by atoms with Crippen LogP contribution >= 0.6 is 0 Å². The van der Waals surface area contributed by atoms with Crippen LogP contribution in [0.2, 0.25) is 0 Å². The molecule has 3 rings (SSSR count). The third-order valence-electron chi connectivity index (χ3n) is 4.22. The van der Waals surface area contributed by atoms with Crippen molar-refractivity contribution in [3.05, 3.63) is 36.4 Å². The van der Waals surface area contributed by atoms with Crippen molar-refractivity contribution < 1.29 is 9.53 Å². The predicted molar refractivity (Wildman–Crippen MR) is 79.0 cm³/mol. The summed E-state index contributed by atoms with van der Waals surface area (Å²) in [6.45, 7) is 4.08. The molecule has 2 atom stereocenters. The van der Waals surface area contributed by atoms with Crippen LogP contribution in [-0.4, -0.2) is 30.1 Å². The molecular weight excluding hydrogens is 252 g/mol. The molecule has 2 aliphatic heterocycles. The van der Waals surface area contributed by atoms with E-state index in [1.807, 2.05) is 29.2 Å². The highest BCUT2D eigenvalue weighted by molar-refractivity contribution is 5.90. The minimum atomic E-state index is -0.00162. The number of piperidine rings is 1. The van der Waals surface area contributed by atoms with Gasteiger partial charge in [0.05, 0.1) is 7.11 Å². The summed E-state index contributed by atoms with van der Waals surface area (Å²) in [4.78, 5) is 14.5. The van der Waals surface area contributed by atoms with E-state index in [0.717, 1.165) is 37.1 Å². The van der Waals surface area contributed by atoms with E-state index in [1.54, 1.807) is 7.11 Å². The minimum Gasteiger partial charge on any atom is -0.497 e. The second-order valence-electron chi connectivity index (χ2n) is 5.61. The first-order valence-electron chi connectivity index (χ1n) is 7.07. The molecular formula is C16H20N2O2. The quantitative estimate of drug-likeness (QED) is 0.838. The van der Waals surface area contributed by atoms with Crippen LogP contribution in [0.5, 0.6) is 5.75 Å². The van der Waals surface area contributed by atoms with Gasteiger partial charge in [0.25, 0.3) is 0 Å². The topological polar surface area (TPSA) is 41.6 Å². The number of carbonyl (C=O) groups excluding carboxylic acids is 1. The molecule has 0 spiro atoms. The molecule has 1 aromatic carbocycles. The third-order valence-corrected chi connectivity index (χ3v) is 4.22. The van der Waals surface area contributed by atoms with Gasteiger partial charge in [-0.15, -0.1) is 0 Å². The Morgan fingerprint density at radius 2 is 2.05 bits per heavy atom. The molecule has 0 saturated carbocycles. The SMILES string of the molecule is C=C1CC2CCC(C1)N2C(=O)Nc1cccc(OC)c1. The zero-order chi connectivity index (χ0) is 14.1. The Kier molecular flexibility index (Phi) is 3.38. The lowest BCUT2D eigenvalue weighted by molar-refractivity contribution is 0.174. The number of anilines is 1. The summed E-state index contributed by atoms with van der Waals surface area (Å²) in [5, 5.41) is 2.98. The van der Waals surface area contributed by atoms with Gasteiger partial charge >= 0.3 is 6.03 Å². The Morgan fingerprint density at radius 3 is 2.70 bits per heavy atom. The third kappa shape index (κ3) is 2.38. The second kappa shape index (κ2) is 5.19. The molecule has 1 aromatic rings. The number of nitrogens with one attached hydrogen (secondary N) is 1. The van der Waals surface area contributed by atoms with Crippen LogP contribution in [-0.2, 0) is 0 Å². The number of urea groups is 1. The lowest BCUT2D eigenvalue weighted by atomic mass is 9.99. The maximum atomic E-state index is 12.5. The first-order chi connectivity index (χ1) is 9.67. The maximum absolute atomic E-state index is 12.5. The van der Waals surface area contributed by atoms with Crippen molar-refractivity contribution in [3.63, 3.8) is 0 Å². The van der Waals surface area contributed by atoms with Crippen LogP contribution in [0.4, 0.5) is 10.5 Å². The smallest absolute Gasteiger partial charge is 0.322 e. The summed E-state index contributed by atoms with van der Waals surface area (Å²) in [6, 6.07) is 8.11. The van der Waals surface area contributed by atoms with Gasteiger partial charge in [0.15, 0.2) is 0 Å². The summed E-state index contributed by atoms with van der Waals surface area (Å²) >= 11 is 0. The molecule has 2 unspecified atom stereocenters. The fourth-order valence-electron chi connectivity index (χ4n) is 3.33. The Bertz CT molecular complexity index is 525. The molecule has 2 fully saturated rings. The molecule has 2 heterocycles. The number of fused-ring (bicyclic) bond motifs is 2. The fourth-order valence-corrected chi connectivity index (χ4v) is 3.33. The molecule has 0 radical (unpaired) electrons. The van der Waals surface area contributed by atoms with Crippen LogP contribution in [0.15, 0.2) is 36.4 Å². The number of hydrogen-bond donors (Lipinski definition) is 1. The average Bonchev–Trinajstić information content (AvgIpc) is 2.71. The molecule has 0 aliphatic carbocycles. The Morgan fingerprint density at radius 1 is 1.35 bits per heavy atom. The van der Waals surface area contributed by atoms with Gasteiger partial charge in [0.1, 0.15) is 5.75 Å². The number of hydrogen-bond acceptors (Lipinski definition) is 2. The number of rotatable bonds is 2. The van der Waals surface area contributed by atoms with Gasteiger partial charge < -0.3 is 15.0 Å². The number of ether oxygens (including phenoxy) is 1. The minimum absolute atomic E-state index is 0.00162. The molecule has 20 heavy (non-hydrogen) atoms. The van der Waals surface area contributed by atoms with Gasteiger partial charge in [-0.3, -0.25) is 0 Å². The predicted octanol–water partition coefficient (Wildman–Crippen LogP) is 3.41. The summed E-state index contributed by atoms with van der Waals surface area (Å²) in [6.07, 6.45) is 4.08. The van der Waals surface area contributed by atoms with Crippen molar-refractivity contribution in [2.45, 2.75) is 37.8 Å². The Balaban J connectivity index is 1.72. The number of methoxy groups -OCH3 is 1. The van der Waals surface area contributed by atoms with E-state index in [4.69, 9.17) is 4.74 Å². The lowest BCUT2D eigenvalue weighted by Gasteiger charge is -2.35. The number of nitrogens with zero attached hydrogens (tertiary/aromatic N) is 1. The van der Waals surface area contributed by atoms with Gasteiger partial charge in [-0.25, -0.2) is 4.79 Å². The second-order valence-corrected chi connectivity index (χ2v) is 5.61. The number of amides is 2. The monoisotopic (exact) mass is 272 g/mol. The molecule has 1 N–H and O–H groups in total. The van der Waals surface area contributed by atoms with Gasteiger partial charge in [-0.05, 0) is 37.8 Å². The zero-order valence-electron chi connectivity index (χ0n) is 11.8. The molecule has 2 bridgehead atoms. The molecule has 2 amide bonds. The fraction of sp³-hybridized carbons (Fsp3) is 0.438. The van der Waals surface area contributed by atoms with Crippen LogP contribution in [0.1, 0.15) is 25.7 Å². The highest BCUT2D eigenvalue weighted by atomic mass is 16.5. The largest absolute Gasteiger partial charge is 0.497 e. The van der Waals surface area contributed by atoms with Gasteiger partial charge in [0, 0.05) is 23.8 Å². The summed E-state index contributed by atoms with van der Waals surface area (Å²) in [5.41, 5.74) is 2.06. The van der Waals surface area contributed by atoms with Gasteiger partial charge in [-0.2, -0.15) is 0 Å². The number of carbonyl (C=O) groups is 1. The van der Waals surface area contributed by atoms with E-state index in [0.29, 0.717) is 12.1 Å². The standard InChI is InChI=1S/C16H20N2O2/c1-11-8-13-6-7-14(9-11)18(13)16(19)17-12-4-3-5-15(10-12)20-2/h3-5,10,13-14H,1,6-9H2,2H3,(H,17,19). The highest BCUT2D eigenvalue weighted by Gasteiger charge is 2.40. The maximum Gasteiger partial charge on any atom is 0.322 e. The lowest BCUT2D eigenvalue weighted by Crippen LogP contribution is -2.46. The molecule has 0 aromatic heterocycles. The van der Waals surface area contributed by atoms with Crippen molar-refractivity contribution in [2.24, 2.45) is 0 Å². The van der Waals surface area contributed by atoms with Crippen LogP contribution in [0, 0.1) is 0 Å². The van der Waals surface area contributed by atoms with Crippen LogP contribution in [0.3, 0.4) is 0 Å². The van der Waals surface area contributed by atoms with Crippen molar-refractivity contribution in [2.75, 3.05) is 12.4 Å². The summed E-state index contributed by atoms with van der Waals surface area (Å²) in [5.74, 6) is 0.748. The van der Waals surface area contributed by atoms with E-state index in [9.17, 15) is 4.79 Å². The molecule has 2 aliphatic rings. The van der Waals surface area contributed by atoms with E-state index in [2.05, 4.69) is 11.9 Å². The van der Waals surface area contributed by atoms with E-state index < -0.39 is 0 Å². The molecule has 4 heteroatoms.